The maximum absolute atomic E-state index is 12.3. The van der Waals surface area contributed by atoms with Crippen LogP contribution in [0.2, 0.25) is 0 Å². The molecule has 3 aromatic rings. The first-order chi connectivity index (χ1) is 10.4. The molecule has 0 aliphatic carbocycles. The minimum atomic E-state index is -0.183. The summed E-state index contributed by atoms with van der Waals surface area (Å²) in [6, 6.07) is 7.05. The van der Waals surface area contributed by atoms with Crippen LogP contribution in [0, 0.1) is 20.8 Å². The van der Waals surface area contributed by atoms with Gasteiger partial charge in [-0.3, -0.25) is 9.59 Å². The number of nitrogens with one attached hydrogen (secondary N) is 2. The molecular weight excluding hydrogens is 298 g/mol. The molecule has 2 heterocycles. The molecule has 1 amide bonds. The van der Waals surface area contributed by atoms with Crippen molar-refractivity contribution in [3.63, 3.8) is 0 Å². The number of carbonyl (C=O) groups is 1. The lowest BCUT2D eigenvalue weighted by Crippen LogP contribution is -2.12. The summed E-state index contributed by atoms with van der Waals surface area (Å²) in [5, 5.41) is 4.68. The van der Waals surface area contributed by atoms with Crippen LogP contribution in [0.4, 0.5) is 5.69 Å². The van der Waals surface area contributed by atoms with Crippen molar-refractivity contribution < 1.29 is 4.79 Å². The Bertz CT molecular complexity index is 940. The highest BCUT2D eigenvalue weighted by molar-refractivity contribution is 7.13. The second kappa shape index (κ2) is 5.38. The highest BCUT2D eigenvalue weighted by Crippen LogP contribution is 2.22. The zero-order chi connectivity index (χ0) is 15.9. The summed E-state index contributed by atoms with van der Waals surface area (Å²) in [4.78, 5) is 31.5. The second-order valence-electron chi connectivity index (χ2n) is 5.18. The molecule has 0 atom stereocenters. The number of carbonyl (C=O) groups excluding carboxylic acids is 1. The summed E-state index contributed by atoms with van der Waals surface area (Å²) >= 11 is 1.37. The Morgan fingerprint density at radius 1 is 1.23 bits per heavy atom. The first kappa shape index (κ1) is 14.5. The predicted molar refractivity (Wildman–Crippen MR) is 88.8 cm³/mol. The van der Waals surface area contributed by atoms with E-state index in [0.29, 0.717) is 16.1 Å². The lowest BCUT2D eigenvalue weighted by atomic mass is 10.1. The van der Waals surface area contributed by atoms with Gasteiger partial charge in [-0.25, -0.2) is 4.98 Å². The average molecular weight is 313 g/mol. The van der Waals surface area contributed by atoms with Crippen molar-refractivity contribution in [2.45, 2.75) is 20.8 Å². The van der Waals surface area contributed by atoms with Crippen LogP contribution in [0.5, 0.6) is 0 Å². The maximum atomic E-state index is 12.3. The second-order valence-corrected chi connectivity index (χ2v) is 6.38. The summed E-state index contributed by atoms with van der Waals surface area (Å²) in [5.41, 5.74) is 2.84. The molecule has 0 unspecified atom stereocenters. The minimum absolute atomic E-state index is 0.151. The number of hydrogen-bond donors (Lipinski definition) is 2. The molecule has 5 nitrogen and oxygen atoms in total. The monoisotopic (exact) mass is 313 g/mol. The number of aryl methyl sites for hydroxylation is 3. The standard InChI is InChI=1S/C16H15N3O2S/c1-8-6-14(20)19-13-7-11(4-5-12(8)13)18-16(21)15-9(2)17-10(3)22-15/h4-7H,1-3H3,(H,18,21)(H,19,20). The lowest BCUT2D eigenvalue weighted by Gasteiger charge is -2.07. The van der Waals surface area contributed by atoms with Crippen molar-refractivity contribution >= 4 is 33.8 Å². The number of benzene rings is 1. The van der Waals surface area contributed by atoms with Gasteiger partial charge in [0.05, 0.1) is 16.2 Å². The van der Waals surface area contributed by atoms with E-state index < -0.39 is 0 Å². The van der Waals surface area contributed by atoms with Gasteiger partial charge in [0.1, 0.15) is 4.88 Å². The number of thiazole rings is 1. The van der Waals surface area contributed by atoms with Crippen molar-refractivity contribution in [2.24, 2.45) is 0 Å². The number of nitrogens with zero attached hydrogens (tertiary/aromatic N) is 1. The number of H-pyrrole nitrogens is 1. The Hall–Kier alpha value is -2.47. The topological polar surface area (TPSA) is 74.8 Å². The number of rotatable bonds is 2. The zero-order valence-corrected chi connectivity index (χ0v) is 13.3. The van der Waals surface area contributed by atoms with Gasteiger partial charge in [-0.1, -0.05) is 6.07 Å². The molecule has 2 N–H and O–H groups in total. The Kier molecular flexibility index (Phi) is 3.54. The van der Waals surface area contributed by atoms with Crippen molar-refractivity contribution in [3.05, 3.63) is 55.8 Å². The first-order valence-electron chi connectivity index (χ1n) is 6.83. The van der Waals surface area contributed by atoms with Crippen molar-refractivity contribution in [2.75, 3.05) is 5.32 Å². The van der Waals surface area contributed by atoms with Crippen LogP contribution >= 0.6 is 11.3 Å². The molecule has 0 radical (unpaired) electrons. The van der Waals surface area contributed by atoms with E-state index in [4.69, 9.17) is 0 Å². The Labute approximate surface area is 131 Å². The third-order valence-corrected chi connectivity index (χ3v) is 4.49. The SMILES string of the molecule is Cc1nc(C)c(C(=O)Nc2ccc3c(C)cc(=O)[nH]c3c2)s1. The third kappa shape index (κ3) is 2.65. The molecule has 112 valence electrons. The van der Waals surface area contributed by atoms with Crippen LogP contribution in [0.25, 0.3) is 10.9 Å². The van der Waals surface area contributed by atoms with E-state index in [2.05, 4.69) is 15.3 Å². The number of pyridine rings is 1. The van der Waals surface area contributed by atoms with Gasteiger partial charge in [-0.05, 0) is 38.5 Å². The fourth-order valence-electron chi connectivity index (χ4n) is 2.44. The van der Waals surface area contributed by atoms with Gasteiger partial charge in [0, 0.05) is 17.1 Å². The fourth-order valence-corrected chi connectivity index (χ4v) is 3.26. The summed E-state index contributed by atoms with van der Waals surface area (Å²) in [6.45, 7) is 5.58. The van der Waals surface area contributed by atoms with Crippen molar-refractivity contribution in [3.8, 4) is 0 Å². The molecule has 0 spiro atoms. The summed E-state index contributed by atoms with van der Waals surface area (Å²) < 4.78 is 0. The normalized spacial score (nSPS) is 10.9. The van der Waals surface area contributed by atoms with E-state index in [0.717, 1.165) is 21.7 Å². The number of amides is 1. The fraction of sp³-hybridized carbons (Fsp3) is 0.188. The Balaban J connectivity index is 1.96. The number of anilines is 1. The highest BCUT2D eigenvalue weighted by atomic mass is 32.1. The molecule has 3 rings (SSSR count). The number of aromatic amines is 1. The van der Waals surface area contributed by atoms with Gasteiger partial charge in [0.15, 0.2) is 0 Å². The molecule has 0 bridgehead atoms. The molecule has 0 aliphatic heterocycles. The van der Waals surface area contributed by atoms with E-state index in [9.17, 15) is 9.59 Å². The van der Waals surface area contributed by atoms with Crippen LogP contribution < -0.4 is 10.9 Å². The number of aromatic nitrogens is 2. The molecule has 0 aliphatic rings. The molecule has 2 aromatic heterocycles. The van der Waals surface area contributed by atoms with E-state index in [-0.39, 0.29) is 11.5 Å². The van der Waals surface area contributed by atoms with Crippen LogP contribution in [0.3, 0.4) is 0 Å². The van der Waals surface area contributed by atoms with Gasteiger partial charge in [-0.2, -0.15) is 0 Å². The minimum Gasteiger partial charge on any atom is -0.322 e. The average Bonchev–Trinajstić information content (AvgIpc) is 2.77. The molecule has 0 fully saturated rings. The molecule has 6 heteroatoms. The van der Waals surface area contributed by atoms with Gasteiger partial charge in [0.2, 0.25) is 5.56 Å². The Morgan fingerprint density at radius 3 is 2.68 bits per heavy atom. The smallest absolute Gasteiger partial charge is 0.267 e. The molecule has 1 aromatic carbocycles. The predicted octanol–water partition coefficient (Wildman–Crippen LogP) is 3.16. The van der Waals surface area contributed by atoms with E-state index in [1.165, 1.54) is 11.3 Å². The number of fused-ring (bicyclic) bond motifs is 1. The molecule has 22 heavy (non-hydrogen) atoms. The highest BCUT2D eigenvalue weighted by Gasteiger charge is 2.14. The Morgan fingerprint density at radius 2 is 2.00 bits per heavy atom. The van der Waals surface area contributed by atoms with Crippen molar-refractivity contribution in [1.82, 2.24) is 9.97 Å². The van der Waals surface area contributed by atoms with Gasteiger partial charge in [-0.15, -0.1) is 11.3 Å². The summed E-state index contributed by atoms with van der Waals surface area (Å²) in [6.07, 6.45) is 0. The van der Waals surface area contributed by atoms with Crippen molar-refractivity contribution in [1.29, 1.82) is 0 Å². The van der Waals surface area contributed by atoms with Crippen LogP contribution in [-0.4, -0.2) is 15.9 Å². The van der Waals surface area contributed by atoms with Crippen LogP contribution in [0.1, 0.15) is 25.9 Å². The quantitative estimate of drug-likeness (QED) is 0.763. The van der Waals surface area contributed by atoms with Gasteiger partial charge >= 0.3 is 0 Å². The van der Waals surface area contributed by atoms with Gasteiger partial charge in [0.25, 0.3) is 5.91 Å². The van der Waals surface area contributed by atoms with Crippen LogP contribution in [-0.2, 0) is 0 Å². The lowest BCUT2D eigenvalue weighted by molar-refractivity contribution is 0.103. The molecular formula is C16H15N3O2S. The van der Waals surface area contributed by atoms with Gasteiger partial charge < -0.3 is 10.3 Å². The summed E-state index contributed by atoms with van der Waals surface area (Å²) in [5.74, 6) is -0.183. The number of hydrogen-bond acceptors (Lipinski definition) is 4. The van der Waals surface area contributed by atoms with E-state index in [1.807, 2.05) is 32.9 Å². The molecule has 0 saturated carbocycles. The molecule has 0 saturated heterocycles. The third-order valence-electron chi connectivity index (χ3n) is 3.42. The van der Waals surface area contributed by atoms with Crippen LogP contribution in [0.15, 0.2) is 29.1 Å². The maximum Gasteiger partial charge on any atom is 0.267 e. The van der Waals surface area contributed by atoms with E-state index in [1.54, 1.807) is 12.1 Å². The summed E-state index contributed by atoms with van der Waals surface area (Å²) in [7, 11) is 0. The van der Waals surface area contributed by atoms with E-state index >= 15 is 0 Å². The first-order valence-corrected chi connectivity index (χ1v) is 7.65. The zero-order valence-electron chi connectivity index (χ0n) is 12.5. The largest absolute Gasteiger partial charge is 0.322 e.